The number of imidazole rings is 1. The van der Waals surface area contributed by atoms with Crippen LogP contribution in [-0.4, -0.2) is 9.66 Å². The van der Waals surface area contributed by atoms with Crippen LogP contribution in [0.2, 0.25) is 10.0 Å². The predicted octanol–water partition coefficient (Wildman–Crippen LogP) is 3.82. The number of hydrogen-bond donors (Lipinski definition) is 2. The SMILES string of the molecule is Nc1c(-c2cccc(Cl)c2Cl)nc(-c2ccccc2)n1N. The highest BCUT2D eigenvalue weighted by atomic mass is 35.5. The van der Waals surface area contributed by atoms with Crippen molar-refractivity contribution in [2.75, 3.05) is 11.6 Å². The molecule has 0 radical (unpaired) electrons. The molecular formula is C15H12Cl2N4. The van der Waals surface area contributed by atoms with Crippen LogP contribution in [0.25, 0.3) is 22.6 Å². The lowest BCUT2D eigenvalue weighted by molar-refractivity contribution is 1.02. The van der Waals surface area contributed by atoms with E-state index in [1.54, 1.807) is 12.1 Å². The van der Waals surface area contributed by atoms with Crippen molar-refractivity contribution >= 4 is 29.0 Å². The van der Waals surface area contributed by atoms with E-state index in [1.807, 2.05) is 36.4 Å². The van der Waals surface area contributed by atoms with E-state index in [2.05, 4.69) is 4.98 Å². The van der Waals surface area contributed by atoms with Crippen molar-refractivity contribution in [1.82, 2.24) is 9.66 Å². The summed E-state index contributed by atoms with van der Waals surface area (Å²) in [6.45, 7) is 0. The quantitative estimate of drug-likeness (QED) is 0.706. The summed E-state index contributed by atoms with van der Waals surface area (Å²) < 4.78 is 1.35. The van der Waals surface area contributed by atoms with Crippen molar-refractivity contribution in [1.29, 1.82) is 0 Å². The molecule has 1 heterocycles. The number of nitrogens with zero attached hydrogens (tertiary/aromatic N) is 2. The number of halogens is 2. The molecule has 0 atom stereocenters. The summed E-state index contributed by atoms with van der Waals surface area (Å²) in [6, 6.07) is 14.9. The Kier molecular flexibility index (Phi) is 3.49. The lowest BCUT2D eigenvalue weighted by Gasteiger charge is -2.04. The molecule has 21 heavy (non-hydrogen) atoms. The van der Waals surface area contributed by atoms with Crippen LogP contribution in [0.15, 0.2) is 48.5 Å². The van der Waals surface area contributed by atoms with Gasteiger partial charge in [0.25, 0.3) is 0 Å². The fraction of sp³-hybridized carbons (Fsp3) is 0. The molecule has 0 bridgehead atoms. The number of benzene rings is 2. The third-order valence-corrected chi connectivity index (χ3v) is 4.01. The van der Waals surface area contributed by atoms with Crippen LogP contribution in [0, 0.1) is 0 Å². The Morgan fingerprint density at radius 2 is 1.67 bits per heavy atom. The van der Waals surface area contributed by atoms with E-state index >= 15 is 0 Å². The molecule has 2 aromatic carbocycles. The molecule has 0 unspecified atom stereocenters. The maximum Gasteiger partial charge on any atom is 0.160 e. The van der Waals surface area contributed by atoms with Crippen LogP contribution in [0.1, 0.15) is 0 Å². The molecule has 0 aliphatic carbocycles. The molecule has 0 amide bonds. The highest BCUT2D eigenvalue weighted by Crippen LogP contribution is 2.36. The lowest BCUT2D eigenvalue weighted by atomic mass is 10.1. The van der Waals surface area contributed by atoms with Gasteiger partial charge in [-0.3, -0.25) is 0 Å². The Hall–Kier alpha value is -2.17. The fourth-order valence-electron chi connectivity index (χ4n) is 2.12. The van der Waals surface area contributed by atoms with E-state index in [1.165, 1.54) is 4.68 Å². The van der Waals surface area contributed by atoms with Gasteiger partial charge in [0, 0.05) is 11.1 Å². The minimum atomic E-state index is 0.331. The molecule has 4 nitrogen and oxygen atoms in total. The van der Waals surface area contributed by atoms with Gasteiger partial charge in [-0.25, -0.2) is 9.66 Å². The van der Waals surface area contributed by atoms with Gasteiger partial charge in [-0.1, -0.05) is 65.7 Å². The van der Waals surface area contributed by atoms with E-state index in [-0.39, 0.29) is 0 Å². The monoisotopic (exact) mass is 318 g/mol. The Balaban J connectivity index is 2.20. The predicted molar refractivity (Wildman–Crippen MR) is 87.7 cm³/mol. The van der Waals surface area contributed by atoms with Crippen molar-refractivity contribution in [3.05, 3.63) is 58.6 Å². The number of aromatic nitrogens is 2. The topological polar surface area (TPSA) is 69.9 Å². The summed E-state index contributed by atoms with van der Waals surface area (Å²) in [7, 11) is 0. The standard InChI is InChI=1S/C15H12Cl2N4/c16-11-8-4-7-10(12(11)17)13-14(18)21(19)15(20-13)9-5-2-1-3-6-9/h1-8H,18-19H2. The molecule has 1 aromatic heterocycles. The van der Waals surface area contributed by atoms with Crippen molar-refractivity contribution in [3.63, 3.8) is 0 Å². The second kappa shape index (κ2) is 5.31. The van der Waals surface area contributed by atoms with Gasteiger partial charge in [-0.2, -0.15) is 0 Å². The normalized spacial score (nSPS) is 10.8. The number of rotatable bonds is 2. The van der Waals surface area contributed by atoms with Crippen molar-refractivity contribution < 1.29 is 0 Å². The number of anilines is 1. The first-order chi connectivity index (χ1) is 10.1. The van der Waals surface area contributed by atoms with Crippen molar-refractivity contribution in [2.45, 2.75) is 0 Å². The Morgan fingerprint density at radius 3 is 2.38 bits per heavy atom. The number of hydrogen-bond acceptors (Lipinski definition) is 3. The second-order valence-corrected chi connectivity index (χ2v) is 5.29. The fourth-order valence-corrected chi connectivity index (χ4v) is 2.51. The zero-order chi connectivity index (χ0) is 15.0. The third kappa shape index (κ3) is 2.33. The zero-order valence-corrected chi connectivity index (χ0v) is 12.4. The minimum Gasteiger partial charge on any atom is -0.382 e. The molecule has 0 aliphatic rings. The minimum absolute atomic E-state index is 0.331. The first-order valence-corrected chi connectivity index (χ1v) is 6.98. The largest absolute Gasteiger partial charge is 0.382 e. The maximum absolute atomic E-state index is 6.23. The highest BCUT2D eigenvalue weighted by Gasteiger charge is 2.18. The number of nitrogens with two attached hydrogens (primary N) is 2. The van der Waals surface area contributed by atoms with Gasteiger partial charge in [0.15, 0.2) is 11.6 Å². The Labute approximate surface area is 131 Å². The van der Waals surface area contributed by atoms with Crippen LogP contribution in [0.4, 0.5) is 5.82 Å². The van der Waals surface area contributed by atoms with E-state index < -0.39 is 0 Å². The van der Waals surface area contributed by atoms with Gasteiger partial charge in [0.05, 0.1) is 10.0 Å². The molecule has 0 fully saturated rings. The van der Waals surface area contributed by atoms with E-state index in [9.17, 15) is 0 Å². The first kappa shape index (κ1) is 13.8. The highest BCUT2D eigenvalue weighted by molar-refractivity contribution is 6.43. The molecule has 0 saturated heterocycles. The van der Waals surface area contributed by atoms with Crippen LogP contribution >= 0.6 is 23.2 Å². The molecule has 3 rings (SSSR count). The molecule has 0 saturated carbocycles. The summed E-state index contributed by atoms with van der Waals surface area (Å²) in [4.78, 5) is 4.52. The Bertz CT molecular complexity index is 797. The third-order valence-electron chi connectivity index (χ3n) is 3.19. The van der Waals surface area contributed by atoms with E-state index in [0.29, 0.717) is 32.9 Å². The second-order valence-electron chi connectivity index (χ2n) is 4.51. The van der Waals surface area contributed by atoms with E-state index in [4.69, 9.17) is 34.8 Å². The smallest absolute Gasteiger partial charge is 0.160 e. The van der Waals surface area contributed by atoms with Crippen LogP contribution in [-0.2, 0) is 0 Å². The van der Waals surface area contributed by atoms with Crippen LogP contribution < -0.4 is 11.6 Å². The summed E-state index contributed by atoms with van der Waals surface area (Å²) in [5.74, 6) is 6.91. The van der Waals surface area contributed by atoms with E-state index in [0.717, 1.165) is 5.56 Å². The summed E-state index contributed by atoms with van der Waals surface area (Å²) >= 11 is 12.3. The molecule has 4 N–H and O–H groups in total. The number of nitrogen functional groups attached to an aromatic ring is 2. The van der Waals surface area contributed by atoms with Gasteiger partial charge in [-0.15, -0.1) is 0 Å². The molecule has 0 spiro atoms. The van der Waals surface area contributed by atoms with Gasteiger partial charge < -0.3 is 11.6 Å². The van der Waals surface area contributed by atoms with Crippen LogP contribution in [0.5, 0.6) is 0 Å². The van der Waals surface area contributed by atoms with Crippen LogP contribution in [0.3, 0.4) is 0 Å². The molecule has 6 heteroatoms. The van der Waals surface area contributed by atoms with Crippen molar-refractivity contribution in [2.24, 2.45) is 0 Å². The lowest BCUT2D eigenvalue weighted by Crippen LogP contribution is -2.13. The van der Waals surface area contributed by atoms with Gasteiger partial charge in [0.1, 0.15) is 5.69 Å². The first-order valence-electron chi connectivity index (χ1n) is 6.22. The molecular weight excluding hydrogens is 307 g/mol. The average Bonchev–Trinajstić information content (AvgIpc) is 2.79. The molecule has 0 aliphatic heterocycles. The summed E-state index contributed by atoms with van der Waals surface area (Å²) in [5, 5.41) is 0.852. The average molecular weight is 319 g/mol. The van der Waals surface area contributed by atoms with Gasteiger partial charge in [0.2, 0.25) is 0 Å². The van der Waals surface area contributed by atoms with Gasteiger partial charge in [-0.05, 0) is 6.07 Å². The summed E-state index contributed by atoms with van der Waals surface area (Å²) in [6.07, 6.45) is 0. The van der Waals surface area contributed by atoms with Gasteiger partial charge >= 0.3 is 0 Å². The molecule has 106 valence electrons. The molecule has 3 aromatic rings. The Morgan fingerprint density at radius 1 is 0.952 bits per heavy atom. The zero-order valence-electron chi connectivity index (χ0n) is 10.9. The van der Waals surface area contributed by atoms with Crippen molar-refractivity contribution in [3.8, 4) is 22.6 Å². The maximum atomic E-state index is 6.23. The summed E-state index contributed by atoms with van der Waals surface area (Å²) in [5.41, 5.74) is 8.11.